The lowest BCUT2D eigenvalue weighted by Gasteiger charge is -2.05. The Bertz CT molecular complexity index is 53.3. The van der Waals surface area contributed by atoms with Crippen LogP contribution in [0.15, 0.2) is 0 Å². The van der Waals surface area contributed by atoms with Crippen LogP contribution < -0.4 is 4.72 Å². The monoisotopic (exact) mass is 153 g/mol. The summed E-state index contributed by atoms with van der Waals surface area (Å²) in [5, 5.41) is 0. The van der Waals surface area contributed by atoms with Crippen molar-refractivity contribution in [3.8, 4) is 0 Å². The van der Waals surface area contributed by atoms with Crippen molar-refractivity contribution in [1.29, 1.82) is 0 Å². The minimum Gasteiger partial charge on any atom is -0.598 e. The average Bonchev–Trinajstić information content (AvgIpc) is 1.83. The third kappa shape index (κ3) is 4.77. The van der Waals surface area contributed by atoms with Crippen molar-refractivity contribution in [2.75, 3.05) is 18.6 Å². The first-order valence-corrected chi connectivity index (χ1v) is 4.43. The maximum absolute atomic E-state index is 10.5. The molecule has 0 bridgehead atoms. The minimum atomic E-state index is -0.826. The predicted octanol–water partition coefficient (Wildman–Crippen LogP) is 0.189. The van der Waals surface area contributed by atoms with E-state index < -0.39 is 11.4 Å². The van der Waals surface area contributed by atoms with Crippen LogP contribution in [-0.2, 0) is 11.4 Å². The zero-order valence-electron chi connectivity index (χ0n) is 4.89. The molecule has 0 aliphatic carbocycles. The summed E-state index contributed by atoms with van der Waals surface area (Å²) >= 11 is 3.15. The van der Waals surface area contributed by atoms with Crippen LogP contribution in [0, 0.1) is 0 Å². The summed E-state index contributed by atoms with van der Waals surface area (Å²) in [7, 11) is 1.69. The number of nitrogens with one attached hydrogen (secondary N) is 1. The molecular formula is C4H11NOS2. The first-order chi connectivity index (χ1) is 3.81. The van der Waals surface area contributed by atoms with Crippen LogP contribution in [0.5, 0.6) is 0 Å². The Hall–Kier alpha value is 0.620. The highest BCUT2D eigenvalue weighted by Gasteiger charge is 1.98. The smallest absolute Gasteiger partial charge is 0.126 e. The predicted molar refractivity (Wildman–Crippen MR) is 40.5 cm³/mol. The molecule has 2 nitrogen and oxygen atoms in total. The molecule has 0 aromatic carbocycles. The van der Waals surface area contributed by atoms with Gasteiger partial charge in [0.15, 0.2) is 0 Å². The molecule has 0 saturated carbocycles. The van der Waals surface area contributed by atoms with Crippen molar-refractivity contribution >= 4 is 24.0 Å². The van der Waals surface area contributed by atoms with Gasteiger partial charge in [-0.1, -0.05) is 0 Å². The summed E-state index contributed by atoms with van der Waals surface area (Å²) in [6, 6.07) is 0. The zero-order valence-corrected chi connectivity index (χ0v) is 6.60. The van der Waals surface area contributed by atoms with Crippen molar-refractivity contribution in [3.05, 3.63) is 0 Å². The van der Waals surface area contributed by atoms with Gasteiger partial charge in [0.25, 0.3) is 0 Å². The van der Waals surface area contributed by atoms with Crippen LogP contribution in [0.25, 0.3) is 0 Å². The lowest BCUT2D eigenvalue weighted by molar-refractivity contribution is 0.586. The maximum Gasteiger partial charge on any atom is 0.126 e. The molecule has 4 heteroatoms. The summed E-state index contributed by atoms with van der Waals surface area (Å²) in [5.74, 6) is 1.52. The highest BCUT2D eigenvalue weighted by Crippen LogP contribution is 1.89. The molecule has 1 N–H and O–H groups in total. The second-order valence-electron chi connectivity index (χ2n) is 1.33. The molecule has 0 heterocycles. The minimum absolute atomic E-state index is 0.708. The van der Waals surface area contributed by atoms with Gasteiger partial charge >= 0.3 is 0 Å². The fourth-order valence-electron chi connectivity index (χ4n) is 0.298. The summed E-state index contributed by atoms with van der Waals surface area (Å²) in [6.07, 6.45) is 0.913. The van der Waals surface area contributed by atoms with E-state index in [9.17, 15) is 4.55 Å². The Kier molecular flexibility index (Phi) is 6.20. The van der Waals surface area contributed by atoms with Gasteiger partial charge in [-0.25, -0.2) is 0 Å². The van der Waals surface area contributed by atoms with Crippen molar-refractivity contribution < 1.29 is 4.55 Å². The molecule has 0 fully saturated rings. The molecule has 0 radical (unpaired) electrons. The average molecular weight is 153 g/mol. The number of hydrogen-bond donors (Lipinski definition) is 2. The van der Waals surface area contributed by atoms with Crippen LogP contribution in [0.1, 0.15) is 6.42 Å². The SMILES string of the molecule is CN[S+]([O-])CCCS. The highest BCUT2D eigenvalue weighted by molar-refractivity contribution is 7.89. The molecular weight excluding hydrogens is 142 g/mol. The maximum atomic E-state index is 10.5. The summed E-state index contributed by atoms with van der Waals surface area (Å²) < 4.78 is 13.2. The summed E-state index contributed by atoms with van der Waals surface area (Å²) in [4.78, 5) is 0. The van der Waals surface area contributed by atoms with Gasteiger partial charge in [0.1, 0.15) is 5.75 Å². The molecule has 0 saturated heterocycles. The summed E-state index contributed by atoms with van der Waals surface area (Å²) in [6.45, 7) is 0. The third-order valence-electron chi connectivity index (χ3n) is 0.716. The van der Waals surface area contributed by atoms with E-state index in [1.807, 2.05) is 0 Å². The van der Waals surface area contributed by atoms with Gasteiger partial charge < -0.3 is 4.55 Å². The van der Waals surface area contributed by atoms with E-state index >= 15 is 0 Å². The first kappa shape index (κ1) is 8.62. The quantitative estimate of drug-likeness (QED) is 0.447. The van der Waals surface area contributed by atoms with Gasteiger partial charge in [-0.2, -0.15) is 12.6 Å². The van der Waals surface area contributed by atoms with Gasteiger partial charge in [0, 0.05) is 24.8 Å². The Labute approximate surface area is 58.8 Å². The summed E-state index contributed by atoms with van der Waals surface area (Å²) in [5.41, 5.74) is 0. The second kappa shape index (κ2) is 5.75. The van der Waals surface area contributed by atoms with E-state index in [1.54, 1.807) is 7.05 Å². The van der Waals surface area contributed by atoms with Crippen molar-refractivity contribution in [1.82, 2.24) is 4.72 Å². The molecule has 0 aromatic rings. The van der Waals surface area contributed by atoms with Gasteiger partial charge in [-0.05, 0) is 5.75 Å². The van der Waals surface area contributed by atoms with Crippen LogP contribution >= 0.6 is 12.6 Å². The highest BCUT2D eigenvalue weighted by atomic mass is 32.2. The van der Waals surface area contributed by atoms with E-state index in [-0.39, 0.29) is 0 Å². The molecule has 0 spiro atoms. The molecule has 0 amide bonds. The van der Waals surface area contributed by atoms with Gasteiger partial charge in [0.2, 0.25) is 0 Å². The van der Waals surface area contributed by atoms with Crippen molar-refractivity contribution in [2.45, 2.75) is 6.42 Å². The van der Waals surface area contributed by atoms with Gasteiger partial charge in [-0.3, -0.25) is 0 Å². The Morgan fingerprint density at radius 1 is 1.75 bits per heavy atom. The zero-order chi connectivity index (χ0) is 6.41. The fourth-order valence-corrected chi connectivity index (χ4v) is 1.28. The van der Waals surface area contributed by atoms with Gasteiger partial charge in [0.05, 0.1) is 0 Å². The fraction of sp³-hybridized carbons (Fsp3) is 1.00. The van der Waals surface area contributed by atoms with Crippen LogP contribution in [0.2, 0.25) is 0 Å². The van der Waals surface area contributed by atoms with E-state index in [0.717, 1.165) is 12.2 Å². The third-order valence-corrected chi connectivity index (χ3v) is 2.15. The first-order valence-electron chi connectivity index (χ1n) is 2.48. The second-order valence-corrected chi connectivity index (χ2v) is 3.29. The van der Waals surface area contributed by atoms with E-state index in [1.165, 1.54) is 0 Å². The van der Waals surface area contributed by atoms with E-state index in [2.05, 4.69) is 17.4 Å². The number of hydrogen-bond acceptors (Lipinski definition) is 3. The molecule has 0 rings (SSSR count). The van der Waals surface area contributed by atoms with Crippen molar-refractivity contribution in [2.24, 2.45) is 0 Å². The molecule has 0 aromatic heterocycles. The van der Waals surface area contributed by atoms with Crippen LogP contribution in [0.4, 0.5) is 0 Å². The van der Waals surface area contributed by atoms with Crippen LogP contribution in [0.3, 0.4) is 0 Å². The molecule has 1 atom stereocenters. The lowest BCUT2D eigenvalue weighted by Crippen LogP contribution is -2.22. The number of thiol groups is 1. The lowest BCUT2D eigenvalue weighted by atomic mass is 10.6. The molecule has 1 unspecified atom stereocenters. The van der Waals surface area contributed by atoms with Gasteiger partial charge in [-0.15, -0.1) is 4.72 Å². The Morgan fingerprint density at radius 3 is 2.75 bits per heavy atom. The topological polar surface area (TPSA) is 35.1 Å². The Balaban J connectivity index is 2.86. The van der Waals surface area contributed by atoms with Crippen LogP contribution in [-0.4, -0.2) is 23.1 Å². The Morgan fingerprint density at radius 2 is 2.38 bits per heavy atom. The molecule has 0 aliphatic heterocycles. The van der Waals surface area contributed by atoms with E-state index in [4.69, 9.17) is 0 Å². The van der Waals surface area contributed by atoms with E-state index in [0.29, 0.717) is 5.75 Å². The van der Waals surface area contributed by atoms with Crippen molar-refractivity contribution in [3.63, 3.8) is 0 Å². The largest absolute Gasteiger partial charge is 0.598 e. The molecule has 8 heavy (non-hydrogen) atoms. The normalized spacial score (nSPS) is 13.9. The molecule has 50 valence electrons. The standard InChI is InChI=1S/C4H11NOS2/c1-5-8(6)4-2-3-7/h5,7H,2-4H2,1H3. The molecule has 0 aliphatic rings. The number of rotatable bonds is 4.